The second-order valence-corrected chi connectivity index (χ2v) is 3.25. The lowest BCUT2D eigenvalue weighted by Crippen LogP contribution is -2.09. The van der Waals surface area contributed by atoms with Crippen LogP contribution in [0.4, 0.5) is 8.78 Å². The third kappa shape index (κ3) is 1.66. The second-order valence-electron chi connectivity index (χ2n) is 3.25. The summed E-state index contributed by atoms with van der Waals surface area (Å²) in [6.45, 7) is 0. The lowest BCUT2D eigenvalue weighted by Gasteiger charge is -2.08. The van der Waals surface area contributed by atoms with E-state index in [1.165, 1.54) is 12.1 Å². The van der Waals surface area contributed by atoms with Gasteiger partial charge in [-0.25, -0.2) is 0 Å². The summed E-state index contributed by atoms with van der Waals surface area (Å²) in [4.78, 5) is 0. The molecule has 0 aliphatic rings. The monoisotopic (exact) mass is 203 g/mol. The Balaban J connectivity index is 2.63. The molecule has 0 amide bonds. The highest BCUT2D eigenvalue weighted by atomic mass is 19.3. The minimum Gasteiger partial charge on any atom is -0.191 e. The van der Waals surface area contributed by atoms with Gasteiger partial charge in [-0.1, -0.05) is 36.4 Å². The smallest absolute Gasteiger partial charge is 0.191 e. The van der Waals surface area contributed by atoms with Crippen LogP contribution < -0.4 is 0 Å². The molecule has 2 aromatic carbocycles. The van der Waals surface area contributed by atoms with Crippen molar-refractivity contribution in [2.45, 2.75) is 5.92 Å². The van der Waals surface area contributed by atoms with Crippen molar-refractivity contribution in [3.05, 3.63) is 48.0 Å². The van der Waals surface area contributed by atoms with Crippen LogP contribution in [0.1, 0.15) is 5.56 Å². The van der Waals surface area contributed by atoms with Crippen LogP contribution in [0, 0.1) is 11.3 Å². The summed E-state index contributed by atoms with van der Waals surface area (Å²) < 4.78 is 26.1. The van der Waals surface area contributed by atoms with E-state index in [0.29, 0.717) is 5.39 Å². The van der Waals surface area contributed by atoms with E-state index in [1.807, 2.05) is 12.1 Å². The molecule has 0 aliphatic heterocycles. The van der Waals surface area contributed by atoms with Crippen LogP contribution in [0.2, 0.25) is 0 Å². The largest absolute Gasteiger partial charge is 0.357 e. The van der Waals surface area contributed by atoms with Crippen LogP contribution in [0.5, 0.6) is 0 Å². The van der Waals surface area contributed by atoms with Gasteiger partial charge in [0.25, 0.3) is 0 Å². The highest BCUT2D eigenvalue weighted by Crippen LogP contribution is 2.29. The molecular weight excluding hydrogens is 196 g/mol. The minimum absolute atomic E-state index is 0.260. The number of hydrogen-bond donors (Lipinski definition) is 0. The van der Waals surface area contributed by atoms with Crippen LogP contribution in [-0.2, 0) is 5.92 Å². The number of rotatable bonds is 1. The molecule has 2 rings (SSSR count). The van der Waals surface area contributed by atoms with E-state index in [2.05, 4.69) is 0 Å². The molecule has 0 bridgehead atoms. The van der Waals surface area contributed by atoms with Gasteiger partial charge in [0.2, 0.25) is 0 Å². The van der Waals surface area contributed by atoms with Crippen LogP contribution >= 0.6 is 0 Å². The quantitative estimate of drug-likeness (QED) is 0.696. The van der Waals surface area contributed by atoms with Crippen LogP contribution in [0.15, 0.2) is 42.5 Å². The van der Waals surface area contributed by atoms with Gasteiger partial charge in [-0.05, 0) is 16.8 Å². The zero-order valence-corrected chi connectivity index (χ0v) is 7.74. The normalized spacial score (nSPS) is 11.3. The molecule has 3 heteroatoms. The number of fused-ring (bicyclic) bond motifs is 1. The topological polar surface area (TPSA) is 23.8 Å². The Morgan fingerprint density at radius 3 is 2.33 bits per heavy atom. The summed E-state index contributed by atoms with van der Waals surface area (Å²) in [5.41, 5.74) is -0.260. The van der Waals surface area contributed by atoms with Crippen molar-refractivity contribution in [3.63, 3.8) is 0 Å². The van der Waals surface area contributed by atoms with E-state index in [9.17, 15) is 8.78 Å². The predicted molar refractivity (Wildman–Crippen MR) is 53.5 cm³/mol. The van der Waals surface area contributed by atoms with E-state index in [1.54, 1.807) is 18.2 Å². The molecule has 0 spiro atoms. The Labute approximate surface area is 85.6 Å². The van der Waals surface area contributed by atoms with Crippen LogP contribution in [0.3, 0.4) is 0 Å². The number of halogens is 2. The number of hydrogen-bond acceptors (Lipinski definition) is 1. The van der Waals surface area contributed by atoms with E-state index >= 15 is 0 Å². The molecule has 0 fully saturated rings. The van der Waals surface area contributed by atoms with Crippen LogP contribution in [0.25, 0.3) is 10.8 Å². The zero-order valence-electron chi connectivity index (χ0n) is 7.74. The summed E-state index contributed by atoms with van der Waals surface area (Å²) in [7, 11) is 0. The molecule has 0 heterocycles. The van der Waals surface area contributed by atoms with Gasteiger partial charge >= 0.3 is 5.92 Å². The van der Waals surface area contributed by atoms with E-state index in [0.717, 1.165) is 11.5 Å². The average Bonchev–Trinajstić information content (AvgIpc) is 2.28. The second kappa shape index (κ2) is 3.32. The first-order chi connectivity index (χ1) is 7.13. The molecule has 0 aromatic heterocycles. The SMILES string of the molecule is N#CC(F)(F)c1ccc2ccccc2c1. The molecule has 1 nitrogen and oxygen atoms in total. The van der Waals surface area contributed by atoms with Crippen molar-refractivity contribution < 1.29 is 8.78 Å². The van der Waals surface area contributed by atoms with Crippen molar-refractivity contribution in [2.75, 3.05) is 0 Å². The Morgan fingerprint density at radius 1 is 1.00 bits per heavy atom. The van der Waals surface area contributed by atoms with Gasteiger partial charge in [0.15, 0.2) is 0 Å². The number of alkyl halides is 2. The van der Waals surface area contributed by atoms with Gasteiger partial charge in [0, 0.05) is 5.56 Å². The lowest BCUT2D eigenvalue weighted by molar-refractivity contribution is 0.0614. The highest BCUT2D eigenvalue weighted by Gasteiger charge is 2.30. The Bertz CT molecular complexity index is 541. The molecule has 0 saturated heterocycles. The number of nitriles is 1. The lowest BCUT2D eigenvalue weighted by atomic mass is 10.0. The molecule has 0 aliphatic carbocycles. The number of nitrogens with zero attached hydrogens (tertiary/aromatic N) is 1. The Hall–Kier alpha value is -1.95. The van der Waals surface area contributed by atoms with E-state index < -0.39 is 5.92 Å². The maximum absolute atomic E-state index is 13.1. The Morgan fingerprint density at radius 2 is 1.67 bits per heavy atom. The fourth-order valence-electron chi connectivity index (χ4n) is 1.45. The van der Waals surface area contributed by atoms with Gasteiger partial charge in [-0.3, -0.25) is 0 Å². The first-order valence-corrected chi connectivity index (χ1v) is 4.42. The molecule has 15 heavy (non-hydrogen) atoms. The molecule has 2 aromatic rings. The highest BCUT2D eigenvalue weighted by molar-refractivity contribution is 5.83. The predicted octanol–water partition coefficient (Wildman–Crippen LogP) is 3.46. The van der Waals surface area contributed by atoms with Crippen LogP contribution in [-0.4, -0.2) is 0 Å². The van der Waals surface area contributed by atoms with Crippen molar-refractivity contribution in [3.8, 4) is 6.07 Å². The summed E-state index contributed by atoms with van der Waals surface area (Å²) in [6.07, 6.45) is 0. The van der Waals surface area contributed by atoms with E-state index in [4.69, 9.17) is 5.26 Å². The first kappa shape index (κ1) is 9.60. The van der Waals surface area contributed by atoms with Crippen molar-refractivity contribution in [1.82, 2.24) is 0 Å². The van der Waals surface area contributed by atoms with Gasteiger partial charge in [0.05, 0.1) is 0 Å². The molecule has 0 unspecified atom stereocenters. The van der Waals surface area contributed by atoms with Gasteiger partial charge in [-0.2, -0.15) is 14.0 Å². The average molecular weight is 203 g/mol. The molecule has 74 valence electrons. The third-order valence-corrected chi connectivity index (χ3v) is 2.25. The first-order valence-electron chi connectivity index (χ1n) is 4.42. The van der Waals surface area contributed by atoms with Gasteiger partial charge in [0.1, 0.15) is 6.07 Å². The summed E-state index contributed by atoms with van der Waals surface area (Å²) in [6, 6.07) is 12.4. The van der Waals surface area contributed by atoms with E-state index in [-0.39, 0.29) is 5.56 Å². The summed E-state index contributed by atoms with van der Waals surface area (Å²) >= 11 is 0. The molecule has 0 atom stereocenters. The molecular formula is C12H7F2N. The summed E-state index contributed by atoms with van der Waals surface area (Å²) in [5, 5.41) is 9.92. The van der Waals surface area contributed by atoms with Crippen molar-refractivity contribution in [1.29, 1.82) is 5.26 Å². The van der Waals surface area contributed by atoms with Gasteiger partial charge in [-0.15, -0.1) is 0 Å². The Kier molecular flexibility index (Phi) is 2.12. The minimum atomic E-state index is -3.41. The van der Waals surface area contributed by atoms with Crippen molar-refractivity contribution in [2.24, 2.45) is 0 Å². The summed E-state index contributed by atoms with van der Waals surface area (Å²) in [5.74, 6) is -3.41. The molecule has 0 radical (unpaired) electrons. The maximum atomic E-state index is 13.1. The standard InChI is InChI=1S/C12H7F2N/c13-12(14,8-15)11-6-5-9-3-1-2-4-10(9)7-11/h1-7H. The fourth-order valence-corrected chi connectivity index (χ4v) is 1.45. The van der Waals surface area contributed by atoms with Crippen molar-refractivity contribution >= 4 is 10.8 Å². The molecule has 0 saturated carbocycles. The maximum Gasteiger partial charge on any atom is 0.357 e. The third-order valence-electron chi connectivity index (χ3n) is 2.25. The molecule has 0 N–H and O–H groups in total. The number of benzene rings is 2. The van der Waals surface area contributed by atoms with Gasteiger partial charge < -0.3 is 0 Å². The zero-order chi connectivity index (χ0) is 10.9. The fraction of sp³-hybridized carbons (Fsp3) is 0.0833.